The molecule has 0 radical (unpaired) electrons. The molecular weight excluding hydrogens is 308 g/mol. The van der Waals surface area contributed by atoms with Crippen LogP contribution in [0.5, 0.6) is 0 Å². The van der Waals surface area contributed by atoms with Crippen molar-refractivity contribution in [3.8, 4) is 0 Å². The molecule has 0 amide bonds. The number of aliphatic hydroxyl groups excluding tert-OH is 1. The standard InChI is InChI=1S/C13H19ClN6O2/c1-2-20-11-9(16-13(20)15-3-6-21)10(17-12(14)18-11)19-4-7-22-8-5-19/h21H,2-8H2,1H3,(H,15,16). The zero-order chi connectivity index (χ0) is 15.5. The zero-order valence-electron chi connectivity index (χ0n) is 12.4. The first-order chi connectivity index (χ1) is 10.7. The van der Waals surface area contributed by atoms with E-state index in [1.165, 1.54) is 0 Å². The van der Waals surface area contributed by atoms with Gasteiger partial charge in [-0.2, -0.15) is 9.97 Å². The average Bonchev–Trinajstić information content (AvgIpc) is 2.90. The van der Waals surface area contributed by atoms with E-state index in [9.17, 15) is 0 Å². The molecule has 8 nitrogen and oxygen atoms in total. The van der Waals surface area contributed by atoms with Gasteiger partial charge in [0.1, 0.15) is 0 Å². The lowest BCUT2D eigenvalue weighted by molar-refractivity contribution is 0.122. The van der Waals surface area contributed by atoms with Crippen molar-refractivity contribution in [1.29, 1.82) is 0 Å². The van der Waals surface area contributed by atoms with Gasteiger partial charge in [0.15, 0.2) is 17.0 Å². The molecule has 0 saturated carbocycles. The highest BCUT2D eigenvalue weighted by Gasteiger charge is 2.22. The van der Waals surface area contributed by atoms with Crippen molar-refractivity contribution >= 4 is 34.5 Å². The molecule has 1 saturated heterocycles. The molecular formula is C13H19ClN6O2. The molecule has 9 heteroatoms. The maximum Gasteiger partial charge on any atom is 0.226 e. The Morgan fingerprint density at radius 2 is 2.05 bits per heavy atom. The molecule has 120 valence electrons. The Balaban J connectivity index is 2.09. The highest BCUT2D eigenvalue weighted by molar-refractivity contribution is 6.28. The minimum absolute atomic E-state index is 0.0374. The van der Waals surface area contributed by atoms with Crippen LogP contribution in [0.2, 0.25) is 5.28 Å². The Hall–Kier alpha value is -1.64. The molecule has 1 aliphatic rings. The van der Waals surface area contributed by atoms with Crippen LogP contribution >= 0.6 is 11.6 Å². The van der Waals surface area contributed by atoms with Gasteiger partial charge in [-0.25, -0.2) is 4.98 Å². The fourth-order valence-corrected chi connectivity index (χ4v) is 2.72. The van der Waals surface area contributed by atoms with Gasteiger partial charge >= 0.3 is 0 Å². The molecule has 3 heterocycles. The summed E-state index contributed by atoms with van der Waals surface area (Å²) in [5.74, 6) is 1.40. The molecule has 0 atom stereocenters. The van der Waals surface area contributed by atoms with Gasteiger partial charge < -0.3 is 20.1 Å². The number of imidazole rings is 1. The van der Waals surface area contributed by atoms with Crippen molar-refractivity contribution in [1.82, 2.24) is 19.5 Å². The van der Waals surface area contributed by atoms with Crippen LogP contribution in [0.15, 0.2) is 0 Å². The van der Waals surface area contributed by atoms with Crippen molar-refractivity contribution in [2.24, 2.45) is 0 Å². The van der Waals surface area contributed by atoms with Crippen LogP contribution in [-0.2, 0) is 11.3 Å². The Kier molecular flexibility index (Phi) is 4.60. The summed E-state index contributed by atoms with van der Waals surface area (Å²) in [6.45, 7) is 5.99. The van der Waals surface area contributed by atoms with Crippen LogP contribution in [-0.4, -0.2) is 64.1 Å². The minimum Gasteiger partial charge on any atom is -0.395 e. The van der Waals surface area contributed by atoms with E-state index in [1.54, 1.807) is 0 Å². The van der Waals surface area contributed by atoms with Gasteiger partial charge in [0.25, 0.3) is 0 Å². The topological polar surface area (TPSA) is 88.3 Å². The molecule has 0 spiro atoms. The lowest BCUT2D eigenvalue weighted by atomic mass is 10.4. The molecule has 2 aromatic heterocycles. The average molecular weight is 327 g/mol. The molecule has 0 unspecified atom stereocenters. The summed E-state index contributed by atoms with van der Waals surface area (Å²) in [5.41, 5.74) is 1.41. The molecule has 0 aromatic carbocycles. The maximum absolute atomic E-state index is 9.00. The molecule has 2 aromatic rings. The summed E-state index contributed by atoms with van der Waals surface area (Å²) < 4.78 is 7.32. The first kappa shape index (κ1) is 15.3. The minimum atomic E-state index is 0.0374. The van der Waals surface area contributed by atoms with Gasteiger partial charge in [-0.05, 0) is 18.5 Å². The maximum atomic E-state index is 9.00. The lowest BCUT2D eigenvalue weighted by Crippen LogP contribution is -2.37. The van der Waals surface area contributed by atoms with E-state index in [0.717, 1.165) is 18.9 Å². The Bertz CT molecular complexity index is 656. The van der Waals surface area contributed by atoms with Crippen molar-refractivity contribution in [2.75, 3.05) is 49.7 Å². The van der Waals surface area contributed by atoms with Gasteiger partial charge in [0.2, 0.25) is 11.2 Å². The van der Waals surface area contributed by atoms with Crippen LogP contribution in [0.3, 0.4) is 0 Å². The summed E-state index contributed by atoms with van der Waals surface area (Å²) in [5, 5.41) is 12.3. The van der Waals surface area contributed by atoms with Gasteiger partial charge in [0, 0.05) is 26.2 Å². The SMILES string of the molecule is CCn1c(NCCO)nc2c(N3CCOCC3)nc(Cl)nc21. The number of hydrogen-bond donors (Lipinski definition) is 2. The number of nitrogens with zero attached hydrogens (tertiary/aromatic N) is 5. The highest BCUT2D eigenvalue weighted by atomic mass is 35.5. The summed E-state index contributed by atoms with van der Waals surface area (Å²) in [4.78, 5) is 15.4. The van der Waals surface area contributed by atoms with E-state index in [4.69, 9.17) is 21.4 Å². The second-order valence-corrected chi connectivity index (χ2v) is 5.26. The number of aryl methyl sites for hydroxylation is 1. The lowest BCUT2D eigenvalue weighted by Gasteiger charge is -2.27. The second kappa shape index (κ2) is 6.64. The fourth-order valence-electron chi connectivity index (χ4n) is 2.56. The second-order valence-electron chi connectivity index (χ2n) is 4.92. The number of aromatic nitrogens is 4. The van der Waals surface area contributed by atoms with Crippen LogP contribution in [0.25, 0.3) is 11.2 Å². The van der Waals surface area contributed by atoms with E-state index in [1.807, 2.05) is 11.5 Å². The molecule has 0 aliphatic carbocycles. The number of nitrogens with one attached hydrogen (secondary N) is 1. The predicted molar refractivity (Wildman–Crippen MR) is 84.6 cm³/mol. The Morgan fingerprint density at radius 3 is 2.73 bits per heavy atom. The zero-order valence-corrected chi connectivity index (χ0v) is 13.2. The third kappa shape index (κ3) is 2.81. The van der Waals surface area contributed by atoms with E-state index in [2.05, 4.69) is 25.2 Å². The number of anilines is 2. The van der Waals surface area contributed by atoms with Crippen LogP contribution in [0, 0.1) is 0 Å². The third-order valence-electron chi connectivity index (χ3n) is 3.57. The van der Waals surface area contributed by atoms with Gasteiger partial charge in [0.05, 0.1) is 19.8 Å². The highest BCUT2D eigenvalue weighted by Crippen LogP contribution is 2.28. The van der Waals surface area contributed by atoms with Gasteiger partial charge in [-0.3, -0.25) is 4.57 Å². The van der Waals surface area contributed by atoms with Gasteiger partial charge in [-0.1, -0.05) is 0 Å². The fraction of sp³-hybridized carbons (Fsp3) is 0.615. The van der Waals surface area contributed by atoms with Crippen molar-refractivity contribution < 1.29 is 9.84 Å². The number of hydrogen-bond acceptors (Lipinski definition) is 7. The van der Waals surface area contributed by atoms with Crippen LogP contribution in [0.1, 0.15) is 6.92 Å². The largest absolute Gasteiger partial charge is 0.395 e. The summed E-state index contributed by atoms with van der Waals surface area (Å²) >= 11 is 6.10. The number of ether oxygens (including phenoxy) is 1. The summed E-state index contributed by atoms with van der Waals surface area (Å²) in [7, 11) is 0. The smallest absolute Gasteiger partial charge is 0.226 e. The van der Waals surface area contributed by atoms with Crippen molar-refractivity contribution in [3.05, 3.63) is 5.28 Å². The quantitative estimate of drug-likeness (QED) is 0.783. The number of morpholine rings is 1. The molecule has 2 N–H and O–H groups in total. The molecule has 1 aliphatic heterocycles. The number of halogens is 1. The third-order valence-corrected chi connectivity index (χ3v) is 3.74. The number of aliphatic hydroxyl groups is 1. The molecule has 3 rings (SSSR count). The van der Waals surface area contributed by atoms with Crippen molar-refractivity contribution in [3.63, 3.8) is 0 Å². The van der Waals surface area contributed by atoms with E-state index < -0.39 is 0 Å². The Morgan fingerprint density at radius 1 is 1.27 bits per heavy atom. The van der Waals surface area contributed by atoms with Crippen LogP contribution < -0.4 is 10.2 Å². The van der Waals surface area contributed by atoms with E-state index in [-0.39, 0.29) is 11.9 Å². The molecule has 0 bridgehead atoms. The molecule has 1 fully saturated rings. The van der Waals surface area contributed by atoms with Crippen LogP contribution in [0.4, 0.5) is 11.8 Å². The van der Waals surface area contributed by atoms with E-state index >= 15 is 0 Å². The van der Waals surface area contributed by atoms with Gasteiger partial charge in [-0.15, -0.1) is 0 Å². The molecule has 22 heavy (non-hydrogen) atoms. The summed E-state index contributed by atoms with van der Waals surface area (Å²) in [6.07, 6.45) is 0. The van der Waals surface area contributed by atoms with Crippen molar-refractivity contribution in [2.45, 2.75) is 13.5 Å². The predicted octanol–water partition coefficient (Wildman–Crippen LogP) is 0.740. The van der Waals surface area contributed by atoms with E-state index in [0.29, 0.717) is 43.4 Å². The monoisotopic (exact) mass is 326 g/mol. The first-order valence-corrected chi connectivity index (χ1v) is 7.73. The number of fused-ring (bicyclic) bond motifs is 1. The normalized spacial score (nSPS) is 15.5. The first-order valence-electron chi connectivity index (χ1n) is 7.35. The Labute approximate surface area is 133 Å². The number of rotatable bonds is 5. The summed E-state index contributed by atoms with van der Waals surface area (Å²) in [6, 6.07) is 0.